The highest BCUT2D eigenvalue weighted by Gasteiger charge is 1.97. The second-order valence-corrected chi connectivity index (χ2v) is 7.46. The molecule has 0 amide bonds. The fourth-order valence-electron chi connectivity index (χ4n) is 2.80. The summed E-state index contributed by atoms with van der Waals surface area (Å²) in [6, 6.07) is 24.0. The molecule has 0 saturated carbocycles. The minimum atomic E-state index is 0.268. The van der Waals surface area contributed by atoms with E-state index in [1.165, 1.54) is 11.1 Å². The van der Waals surface area contributed by atoms with Gasteiger partial charge in [-0.2, -0.15) is 0 Å². The molecule has 4 rings (SSSR count). The molecule has 0 fully saturated rings. The third-order valence-corrected chi connectivity index (χ3v) is 4.74. The summed E-state index contributed by atoms with van der Waals surface area (Å²) in [7, 11) is 0. The van der Waals surface area contributed by atoms with Gasteiger partial charge in [-0.3, -0.25) is 0 Å². The summed E-state index contributed by atoms with van der Waals surface area (Å²) in [6.45, 7) is 1.63. The third kappa shape index (κ3) is 8.88. The number of rotatable bonds is 8. The van der Waals surface area contributed by atoms with Gasteiger partial charge in [0.25, 0.3) is 0 Å². The Hall–Kier alpha value is -3.22. The smallest absolute Gasteiger partial charge is 0.224 e. The highest BCUT2D eigenvalue weighted by molar-refractivity contribution is 6.29. The number of nitrogens with one attached hydrogen (secondary N) is 2. The second kappa shape index (κ2) is 13.2. The van der Waals surface area contributed by atoms with Gasteiger partial charge in [0.15, 0.2) is 0 Å². The van der Waals surface area contributed by atoms with E-state index in [2.05, 4.69) is 54.8 Å². The van der Waals surface area contributed by atoms with Gasteiger partial charge in [0.2, 0.25) is 11.2 Å². The number of benzene rings is 2. The fraction of sp³-hybridized carbons (Fsp3) is 0.167. The Bertz CT molecular complexity index is 977. The van der Waals surface area contributed by atoms with E-state index < -0.39 is 0 Å². The summed E-state index contributed by atoms with van der Waals surface area (Å²) in [6.07, 6.45) is 5.18. The van der Waals surface area contributed by atoms with Crippen molar-refractivity contribution in [1.29, 1.82) is 0 Å². The van der Waals surface area contributed by atoms with E-state index in [-0.39, 0.29) is 5.28 Å². The van der Waals surface area contributed by atoms with Gasteiger partial charge < -0.3 is 10.6 Å². The summed E-state index contributed by atoms with van der Waals surface area (Å²) >= 11 is 11.4. The van der Waals surface area contributed by atoms with E-state index in [9.17, 15) is 0 Å². The number of halogens is 2. The number of anilines is 2. The van der Waals surface area contributed by atoms with Gasteiger partial charge in [0.1, 0.15) is 11.0 Å². The Morgan fingerprint density at radius 3 is 1.81 bits per heavy atom. The van der Waals surface area contributed by atoms with Crippen LogP contribution in [0.4, 0.5) is 11.8 Å². The number of hydrogen-bond donors (Lipinski definition) is 2. The summed E-state index contributed by atoms with van der Waals surface area (Å²) in [4.78, 5) is 16.0. The average Bonchev–Trinajstić information content (AvgIpc) is 2.81. The van der Waals surface area contributed by atoms with Crippen LogP contribution in [0.2, 0.25) is 10.4 Å². The van der Waals surface area contributed by atoms with Crippen molar-refractivity contribution in [3.05, 3.63) is 107 Å². The molecule has 0 unspecified atom stereocenters. The summed E-state index contributed by atoms with van der Waals surface area (Å²) in [5.41, 5.74) is 2.59. The maximum absolute atomic E-state index is 5.75. The Balaban J connectivity index is 0.000000181. The SMILES string of the molecule is Clc1ccnc(NCCc2ccccc2)n1.Clc1nccc(NCCc2ccccc2)n1. The molecule has 4 aromatic rings. The van der Waals surface area contributed by atoms with Gasteiger partial charge in [0.05, 0.1) is 0 Å². The maximum atomic E-state index is 5.75. The molecule has 2 aromatic carbocycles. The molecule has 6 nitrogen and oxygen atoms in total. The van der Waals surface area contributed by atoms with Gasteiger partial charge >= 0.3 is 0 Å². The summed E-state index contributed by atoms with van der Waals surface area (Å²) in [5, 5.41) is 7.05. The highest BCUT2D eigenvalue weighted by atomic mass is 35.5. The Morgan fingerprint density at radius 2 is 1.22 bits per heavy atom. The lowest BCUT2D eigenvalue weighted by Gasteiger charge is -2.05. The minimum Gasteiger partial charge on any atom is -0.370 e. The number of hydrogen-bond acceptors (Lipinski definition) is 6. The summed E-state index contributed by atoms with van der Waals surface area (Å²) < 4.78 is 0. The van der Waals surface area contributed by atoms with Crippen molar-refractivity contribution in [2.24, 2.45) is 0 Å². The van der Waals surface area contributed by atoms with Crippen molar-refractivity contribution >= 4 is 35.0 Å². The first kappa shape index (κ1) is 23.4. The van der Waals surface area contributed by atoms with Crippen LogP contribution in [0.25, 0.3) is 0 Å². The lowest BCUT2D eigenvalue weighted by molar-refractivity contribution is 0.984. The number of nitrogens with zero attached hydrogens (tertiary/aromatic N) is 4. The molecule has 0 saturated heterocycles. The highest BCUT2D eigenvalue weighted by Crippen LogP contribution is 2.07. The molecule has 0 bridgehead atoms. The molecule has 0 aliphatic heterocycles. The van der Waals surface area contributed by atoms with Crippen molar-refractivity contribution in [3.8, 4) is 0 Å². The Kier molecular flexibility index (Phi) is 9.71. The lowest BCUT2D eigenvalue weighted by Crippen LogP contribution is -2.07. The van der Waals surface area contributed by atoms with E-state index >= 15 is 0 Å². The summed E-state index contributed by atoms with van der Waals surface area (Å²) in [5.74, 6) is 1.33. The van der Waals surface area contributed by atoms with Crippen LogP contribution in [0, 0.1) is 0 Å². The quantitative estimate of drug-likeness (QED) is 0.261. The molecule has 2 heterocycles. The zero-order valence-electron chi connectivity index (χ0n) is 17.5. The minimum absolute atomic E-state index is 0.268. The molecule has 0 atom stereocenters. The van der Waals surface area contributed by atoms with Crippen LogP contribution < -0.4 is 10.6 Å². The first-order chi connectivity index (χ1) is 15.7. The van der Waals surface area contributed by atoms with Crippen LogP contribution in [0.1, 0.15) is 11.1 Å². The van der Waals surface area contributed by atoms with Crippen LogP contribution >= 0.6 is 23.2 Å². The van der Waals surface area contributed by atoms with Gasteiger partial charge in [0, 0.05) is 25.5 Å². The normalized spacial score (nSPS) is 10.1. The first-order valence-corrected chi connectivity index (χ1v) is 11.0. The average molecular weight is 467 g/mol. The van der Waals surface area contributed by atoms with Crippen LogP contribution in [0.15, 0.2) is 85.2 Å². The van der Waals surface area contributed by atoms with E-state index in [1.807, 2.05) is 36.4 Å². The molecule has 0 radical (unpaired) electrons. The first-order valence-electron chi connectivity index (χ1n) is 10.2. The van der Waals surface area contributed by atoms with E-state index in [0.29, 0.717) is 11.1 Å². The fourth-order valence-corrected chi connectivity index (χ4v) is 3.08. The zero-order chi connectivity index (χ0) is 22.4. The Labute approximate surface area is 198 Å². The monoisotopic (exact) mass is 466 g/mol. The predicted molar refractivity (Wildman–Crippen MR) is 131 cm³/mol. The molecule has 0 aliphatic carbocycles. The molecule has 2 aromatic heterocycles. The van der Waals surface area contributed by atoms with Gasteiger partial charge in [-0.1, -0.05) is 72.3 Å². The molecule has 164 valence electrons. The molecular weight excluding hydrogens is 443 g/mol. The van der Waals surface area contributed by atoms with Gasteiger partial charge in [-0.15, -0.1) is 0 Å². The Morgan fingerprint density at radius 1 is 0.625 bits per heavy atom. The lowest BCUT2D eigenvalue weighted by atomic mass is 10.1. The molecular formula is C24H24Cl2N6. The van der Waals surface area contributed by atoms with E-state index in [1.54, 1.807) is 24.5 Å². The second-order valence-electron chi connectivity index (χ2n) is 6.74. The zero-order valence-corrected chi connectivity index (χ0v) is 19.0. The number of aromatic nitrogens is 4. The third-order valence-electron chi connectivity index (χ3n) is 4.35. The van der Waals surface area contributed by atoms with Gasteiger partial charge in [-0.05, 0) is 47.7 Å². The van der Waals surface area contributed by atoms with Crippen LogP contribution in [0.5, 0.6) is 0 Å². The molecule has 2 N–H and O–H groups in total. The molecule has 0 spiro atoms. The van der Waals surface area contributed by atoms with Crippen molar-refractivity contribution in [2.45, 2.75) is 12.8 Å². The largest absolute Gasteiger partial charge is 0.370 e. The molecule has 32 heavy (non-hydrogen) atoms. The van der Waals surface area contributed by atoms with Crippen molar-refractivity contribution in [3.63, 3.8) is 0 Å². The predicted octanol–water partition coefficient (Wildman–Crippen LogP) is 5.57. The van der Waals surface area contributed by atoms with Crippen LogP contribution in [0.3, 0.4) is 0 Å². The van der Waals surface area contributed by atoms with E-state index in [4.69, 9.17) is 23.2 Å². The van der Waals surface area contributed by atoms with E-state index in [0.717, 1.165) is 31.7 Å². The molecule has 8 heteroatoms. The van der Waals surface area contributed by atoms with Crippen molar-refractivity contribution in [2.75, 3.05) is 23.7 Å². The van der Waals surface area contributed by atoms with Crippen molar-refractivity contribution in [1.82, 2.24) is 19.9 Å². The standard InChI is InChI=1S/2C12H12ClN3/c13-12-15-9-7-11(16-12)14-8-6-10-4-2-1-3-5-10;13-11-7-9-15-12(16-11)14-8-6-10-4-2-1-3-5-10/h2*1-5,7,9H,6,8H2,(H,14,15,16). The maximum Gasteiger partial charge on any atom is 0.224 e. The topological polar surface area (TPSA) is 75.6 Å². The van der Waals surface area contributed by atoms with Crippen LogP contribution in [-0.2, 0) is 12.8 Å². The van der Waals surface area contributed by atoms with Crippen LogP contribution in [-0.4, -0.2) is 33.0 Å². The van der Waals surface area contributed by atoms with Gasteiger partial charge in [-0.25, -0.2) is 19.9 Å². The van der Waals surface area contributed by atoms with Crippen molar-refractivity contribution < 1.29 is 0 Å². The molecule has 0 aliphatic rings.